The van der Waals surface area contributed by atoms with Gasteiger partial charge in [0, 0.05) is 17.7 Å². The van der Waals surface area contributed by atoms with E-state index >= 15 is 0 Å². The molecule has 1 aromatic carbocycles. The molecule has 0 radical (unpaired) electrons. The summed E-state index contributed by atoms with van der Waals surface area (Å²) in [6.45, 7) is 6.89. The van der Waals surface area contributed by atoms with Gasteiger partial charge in [-0.2, -0.15) is 5.10 Å². The van der Waals surface area contributed by atoms with Crippen molar-refractivity contribution in [1.29, 1.82) is 0 Å². The zero-order valence-electron chi connectivity index (χ0n) is 12.0. The fourth-order valence-electron chi connectivity index (χ4n) is 2.36. The lowest BCUT2D eigenvalue weighted by Gasteiger charge is -2.11. The number of nitrogens with one attached hydrogen (secondary N) is 1. The number of hydrogen-bond donors (Lipinski definition) is 2. The van der Waals surface area contributed by atoms with Crippen molar-refractivity contribution in [2.75, 3.05) is 13.7 Å². The minimum absolute atomic E-state index is 0.628. The molecule has 0 saturated heterocycles. The smallest absolute Gasteiger partial charge is 0.122 e. The summed E-state index contributed by atoms with van der Waals surface area (Å²) in [5, 5.41) is 7.53. The summed E-state index contributed by atoms with van der Waals surface area (Å²) >= 11 is 0. The Labute approximate surface area is 114 Å². The van der Waals surface area contributed by atoms with E-state index in [2.05, 4.69) is 37.0 Å². The van der Waals surface area contributed by atoms with Crippen molar-refractivity contribution < 1.29 is 4.74 Å². The number of hydrogen-bond acceptors (Lipinski definition) is 3. The molecule has 1 aromatic heterocycles. The van der Waals surface area contributed by atoms with Crippen LogP contribution in [0.5, 0.6) is 5.75 Å². The second kappa shape index (κ2) is 5.45. The molecule has 0 aliphatic carbocycles. The standard InChI is InChI=1S/C15H21N3O/c1-9-10(2)14(19-4)6-5-12(9)15-11(3)13(7-8-16)17-18-15/h5-6H,7-8,16H2,1-4H3,(H,17,18). The third-order valence-corrected chi connectivity index (χ3v) is 3.72. The van der Waals surface area contributed by atoms with Crippen LogP contribution in [0.1, 0.15) is 22.4 Å². The zero-order chi connectivity index (χ0) is 14.0. The van der Waals surface area contributed by atoms with Gasteiger partial charge in [-0.3, -0.25) is 5.10 Å². The first-order chi connectivity index (χ1) is 9.10. The van der Waals surface area contributed by atoms with E-state index in [1.165, 1.54) is 11.1 Å². The van der Waals surface area contributed by atoms with Gasteiger partial charge >= 0.3 is 0 Å². The van der Waals surface area contributed by atoms with Crippen LogP contribution in [0.2, 0.25) is 0 Å². The van der Waals surface area contributed by atoms with Crippen molar-refractivity contribution >= 4 is 0 Å². The topological polar surface area (TPSA) is 63.9 Å². The Kier molecular flexibility index (Phi) is 3.90. The van der Waals surface area contributed by atoms with Gasteiger partial charge in [0.1, 0.15) is 5.75 Å². The summed E-state index contributed by atoms with van der Waals surface area (Å²) in [5.41, 5.74) is 12.4. The van der Waals surface area contributed by atoms with Crippen LogP contribution < -0.4 is 10.5 Å². The molecule has 0 amide bonds. The van der Waals surface area contributed by atoms with Crippen LogP contribution in [0.15, 0.2) is 12.1 Å². The SMILES string of the molecule is COc1ccc(-c2n[nH]c(CCN)c2C)c(C)c1C. The summed E-state index contributed by atoms with van der Waals surface area (Å²) in [6.07, 6.45) is 0.826. The minimum atomic E-state index is 0.628. The highest BCUT2D eigenvalue weighted by molar-refractivity contribution is 5.70. The van der Waals surface area contributed by atoms with Crippen LogP contribution in [-0.2, 0) is 6.42 Å². The van der Waals surface area contributed by atoms with Crippen molar-refractivity contribution in [3.05, 3.63) is 34.5 Å². The Balaban J connectivity index is 2.51. The highest BCUT2D eigenvalue weighted by Crippen LogP contribution is 2.32. The fourth-order valence-corrected chi connectivity index (χ4v) is 2.36. The molecule has 0 spiro atoms. The molecule has 1 heterocycles. The van der Waals surface area contributed by atoms with Crippen LogP contribution in [-0.4, -0.2) is 23.9 Å². The Morgan fingerprint density at radius 3 is 2.53 bits per heavy atom. The van der Waals surface area contributed by atoms with Gasteiger partial charge in [-0.25, -0.2) is 0 Å². The number of benzene rings is 1. The average Bonchev–Trinajstić information content (AvgIpc) is 2.75. The first-order valence-corrected chi connectivity index (χ1v) is 6.48. The van der Waals surface area contributed by atoms with E-state index in [9.17, 15) is 0 Å². The zero-order valence-corrected chi connectivity index (χ0v) is 12.0. The minimum Gasteiger partial charge on any atom is -0.496 e. The normalized spacial score (nSPS) is 10.8. The maximum Gasteiger partial charge on any atom is 0.122 e. The molecule has 2 aromatic rings. The summed E-state index contributed by atoms with van der Waals surface area (Å²) < 4.78 is 5.35. The third kappa shape index (κ3) is 2.36. The van der Waals surface area contributed by atoms with Crippen molar-refractivity contribution in [3.8, 4) is 17.0 Å². The molecule has 4 heteroatoms. The van der Waals surface area contributed by atoms with Gasteiger partial charge in [0.05, 0.1) is 12.8 Å². The predicted molar refractivity (Wildman–Crippen MR) is 77.5 cm³/mol. The van der Waals surface area contributed by atoms with Crippen LogP contribution in [0.25, 0.3) is 11.3 Å². The molecule has 2 rings (SSSR count). The maximum absolute atomic E-state index is 5.60. The van der Waals surface area contributed by atoms with Crippen LogP contribution >= 0.6 is 0 Å². The molecular formula is C15H21N3O. The Morgan fingerprint density at radius 1 is 1.16 bits per heavy atom. The second-order valence-corrected chi connectivity index (χ2v) is 4.78. The van der Waals surface area contributed by atoms with E-state index in [-0.39, 0.29) is 0 Å². The van der Waals surface area contributed by atoms with E-state index in [4.69, 9.17) is 10.5 Å². The van der Waals surface area contributed by atoms with Gasteiger partial charge in [-0.05, 0) is 56.1 Å². The summed E-state index contributed by atoms with van der Waals surface area (Å²) in [7, 11) is 1.70. The van der Waals surface area contributed by atoms with Gasteiger partial charge in [-0.15, -0.1) is 0 Å². The van der Waals surface area contributed by atoms with Crippen LogP contribution in [0.3, 0.4) is 0 Å². The molecule has 0 saturated carbocycles. The lowest BCUT2D eigenvalue weighted by atomic mass is 9.97. The Morgan fingerprint density at radius 2 is 1.89 bits per heavy atom. The number of nitrogens with zero attached hydrogens (tertiary/aromatic N) is 1. The van der Waals surface area contributed by atoms with E-state index in [0.717, 1.165) is 34.7 Å². The molecule has 0 bridgehead atoms. The molecule has 0 aliphatic rings. The molecule has 3 N–H and O–H groups in total. The van der Waals surface area contributed by atoms with Gasteiger partial charge in [0.25, 0.3) is 0 Å². The third-order valence-electron chi connectivity index (χ3n) is 3.72. The summed E-state index contributed by atoms with van der Waals surface area (Å²) in [4.78, 5) is 0. The predicted octanol–water partition coefficient (Wildman–Crippen LogP) is 2.51. The lowest BCUT2D eigenvalue weighted by Crippen LogP contribution is -2.04. The number of rotatable bonds is 4. The van der Waals surface area contributed by atoms with Gasteiger partial charge in [-0.1, -0.05) is 0 Å². The Bertz CT molecular complexity index is 587. The number of H-pyrrole nitrogens is 1. The summed E-state index contributed by atoms with van der Waals surface area (Å²) in [5.74, 6) is 0.914. The van der Waals surface area contributed by atoms with Crippen LogP contribution in [0, 0.1) is 20.8 Å². The van der Waals surface area contributed by atoms with Crippen molar-refractivity contribution in [1.82, 2.24) is 10.2 Å². The van der Waals surface area contributed by atoms with Crippen molar-refractivity contribution in [2.45, 2.75) is 27.2 Å². The number of nitrogens with two attached hydrogens (primary N) is 1. The van der Waals surface area contributed by atoms with E-state index < -0.39 is 0 Å². The second-order valence-electron chi connectivity index (χ2n) is 4.78. The Hall–Kier alpha value is -1.81. The number of aromatic amines is 1. The molecular weight excluding hydrogens is 238 g/mol. The van der Waals surface area contributed by atoms with Gasteiger partial charge in [0.2, 0.25) is 0 Å². The van der Waals surface area contributed by atoms with Gasteiger partial charge in [0.15, 0.2) is 0 Å². The van der Waals surface area contributed by atoms with Crippen molar-refractivity contribution in [3.63, 3.8) is 0 Å². The number of ether oxygens (including phenoxy) is 1. The number of methoxy groups -OCH3 is 1. The molecule has 4 nitrogen and oxygen atoms in total. The average molecular weight is 259 g/mol. The molecule has 0 unspecified atom stereocenters. The number of aromatic nitrogens is 2. The van der Waals surface area contributed by atoms with E-state index in [1.807, 2.05) is 6.07 Å². The van der Waals surface area contributed by atoms with Gasteiger partial charge < -0.3 is 10.5 Å². The molecule has 0 aliphatic heterocycles. The molecule has 102 valence electrons. The lowest BCUT2D eigenvalue weighted by molar-refractivity contribution is 0.411. The highest BCUT2D eigenvalue weighted by Gasteiger charge is 2.14. The largest absolute Gasteiger partial charge is 0.496 e. The quantitative estimate of drug-likeness (QED) is 0.886. The van der Waals surface area contributed by atoms with Crippen LogP contribution in [0.4, 0.5) is 0 Å². The maximum atomic E-state index is 5.60. The molecule has 19 heavy (non-hydrogen) atoms. The molecule has 0 atom stereocenters. The fraction of sp³-hybridized carbons (Fsp3) is 0.400. The van der Waals surface area contributed by atoms with Crippen molar-refractivity contribution in [2.24, 2.45) is 5.73 Å². The highest BCUT2D eigenvalue weighted by atomic mass is 16.5. The van der Waals surface area contributed by atoms with E-state index in [0.29, 0.717) is 6.54 Å². The first kappa shape index (κ1) is 13.6. The first-order valence-electron chi connectivity index (χ1n) is 6.48. The monoisotopic (exact) mass is 259 g/mol. The summed E-state index contributed by atoms with van der Waals surface area (Å²) in [6, 6.07) is 4.06. The van der Waals surface area contributed by atoms with E-state index in [1.54, 1.807) is 7.11 Å². The molecule has 0 fully saturated rings.